The molecule has 108 valence electrons. The summed E-state index contributed by atoms with van der Waals surface area (Å²) in [7, 11) is 3.00. The number of rotatable bonds is 6. The Morgan fingerprint density at radius 1 is 1.40 bits per heavy atom. The van der Waals surface area contributed by atoms with Gasteiger partial charge >= 0.3 is 0 Å². The van der Waals surface area contributed by atoms with Crippen molar-refractivity contribution in [3.05, 3.63) is 48.0 Å². The number of nitrogens with zero attached hydrogens (tertiary/aromatic N) is 2. The predicted molar refractivity (Wildman–Crippen MR) is 82.1 cm³/mol. The minimum atomic E-state index is -1.07. The van der Waals surface area contributed by atoms with E-state index >= 15 is 0 Å². The zero-order valence-corrected chi connectivity index (χ0v) is 13.0. The van der Waals surface area contributed by atoms with Gasteiger partial charge in [0.25, 0.3) is 0 Å². The van der Waals surface area contributed by atoms with Gasteiger partial charge in [-0.1, -0.05) is 6.07 Å². The fraction of sp³-hybridized carbons (Fsp3) is 0.400. The first-order valence-electron chi connectivity index (χ1n) is 6.68. The van der Waals surface area contributed by atoms with Crippen molar-refractivity contribution in [3.63, 3.8) is 0 Å². The Kier molecular flexibility index (Phi) is 5.09. The Bertz CT molecular complexity index is 566. The maximum atomic E-state index is 12.9. The van der Waals surface area contributed by atoms with Crippen LogP contribution in [0.15, 0.2) is 41.8 Å². The number of hydrogen-bond acceptors (Lipinski definition) is 3. The van der Waals surface area contributed by atoms with Crippen molar-refractivity contribution in [3.8, 4) is 0 Å². The highest BCUT2D eigenvalue weighted by molar-refractivity contribution is 7.85. The fourth-order valence-electron chi connectivity index (χ4n) is 2.14. The van der Waals surface area contributed by atoms with Crippen LogP contribution in [0.2, 0.25) is 0 Å². The van der Waals surface area contributed by atoms with Gasteiger partial charge in [-0.05, 0) is 51.2 Å². The lowest BCUT2D eigenvalue weighted by atomic mass is 10.1. The number of H-pyrrole nitrogens is 1. The largest absolute Gasteiger partial charge is 0.366 e. The summed E-state index contributed by atoms with van der Waals surface area (Å²) in [4.78, 5) is 10.2. The second kappa shape index (κ2) is 6.81. The third kappa shape index (κ3) is 3.55. The van der Waals surface area contributed by atoms with E-state index < -0.39 is 10.8 Å². The number of aromatic nitrogens is 2. The van der Waals surface area contributed by atoms with Gasteiger partial charge in [0.2, 0.25) is 0 Å². The smallest absolute Gasteiger partial charge is 0.0671 e. The summed E-state index contributed by atoms with van der Waals surface area (Å²) in [6.07, 6.45) is 8.14. The van der Waals surface area contributed by atoms with Crippen LogP contribution in [-0.4, -0.2) is 39.7 Å². The molecule has 4 nitrogen and oxygen atoms in total. The molecule has 0 radical (unpaired) electrons. The van der Waals surface area contributed by atoms with Crippen LogP contribution in [0, 0.1) is 6.92 Å². The van der Waals surface area contributed by atoms with Crippen LogP contribution in [0.4, 0.5) is 0 Å². The highest BCUT2D eigenvalue weighted by Gasteiger charge is 2.22. The molecule has 2 aromatic heterocycles. The van der Waals surface area contributed by atoms with Gasteiger partial charge in [-0.15, -0.1) is 0 Å². The molecule has 20 heavy (non-hydrogen) atoms. The number of aryl methyl sites for hydroxylation is 1. The van der Waals surface area contributed by atoms with Crippen LogP contribution in [0.5, 0.6) is 0 Å². The van der Waals surface area contributed by atoms with Crippen molar-refractivity contribution in [2.24, 2.45) is 0 Å². The molecule has 0 bridgehead atoms. The molecule has 5 heteroatoms. The monoisotopic (exact) mass is 291 g/mol. The van der Waals surface area contributed by atoms with Crippen LogP contribution in [0.1, 0.15) is 22.8 Å². The first-order valence-corrected chi connectivity index (χ1v) is 7.89. The molecule has 2 heterocycles. The van der Waals surface area contributed by atoms with Crippen LogP contribution >= 0.6 is 0 Å². The Morgan fingerprint density at radius 3 is 2.75 bits per heavy atom. The minimum absolute atomic E-state index is 0.0272. The second-order valence-corrected chi connectivity index (χ2v) is 6.77. The minimum Gasteiger partial charge on any atom is -0.366 e. The topological polar surface area (TPSA) is 49.0 Å². The Labute approximate surface area is 122 Å². The van der Waals surface area contributed by atoms with E-state index in [4.69, 9.17) is 0 Å². The summed E-state index contributed by atoms with van der Waals surface area (Å²) < 4.78 is 12.9. The van der Waals surface area contributed by atoms with Gasteiger partial charge in [0, 0.05) is 24.8 Å². The Hall–Kier alpha value is -1.46. The van der Waals surface area contributed by atoms with E-state index in [1.165, 1.54) is 0 Å². The third-order valence-electron chi connectivity index (χ3n) is 3.27. The SMILES string of the molecule is Cc1c[nH]cc1S(=O)C(CCN(C)C)c1cccnc1. The van der Waals surface area contributed by atoms with Crippen molar-refractivity contribution in [1.82, 2.24) is 14.9 Å². The van der Waals surface area contributed by atoms with Gasteiger partial charge in [0.05, 0.1) is 20.9 Å². The van der Waals surface area contributed by atoms with E-state index in [0.717, 1.165) is 29.0 Å². The molecule has 0 amide bonds. The number of nitrogens with one attached hydrogen (secondary N) is 1. The lowest BCUT2D eigenvalue weighted by molar-refractivity contribution is 0.397. The molecule has 2 rings (SSSR count). The average molecular weight is 291 g/mol. The number of aromatic amines is 1. The highest BCUT2D eigenvalue weighted by Crippen LogP contribution is 2.29. The van der Waals surface area contributed by atoms with Crippen molar-refractivity contribution >= 4 is 10.8 Å². The van der Waals surface area contributed by atoms with Crippen molar-refractivity contribution in [1.29, 1.82) is 0 Å². The molecule has 0 aliphatic heterocycles. The van der Waals surface area contributed by atoms with Gasteiger partial charge in [0.1, 0.15) is 0 Å². The van der Waals surface area contributed by atoms with Gasteiger partial charge in [-0.3, -0.25) is 9.19 Å². The lowest BCUT2D eigenvalue weighted by Crippen LogP contribution is -2.18. The molecule has 0 aliphatic carbocycles. The molecule has 2 atom stereocenters. The van der Waals surface area contributed by atoms with Crippen molar-refractivity contribution in [2.45, 2.75) is 23.5 Å². The zero-order valence-electron chi connectivity index (χ0n) is 12.2. The zero-order chi connectivity index (χ0) is 14.5. The molecule has 0 saturated carbocycles. The van der Waals surface area contributed by atoms with Gasteiger partial charge in [-0.25, -0.2) is 0 Å². The van der Waals surface area contributed by atoms with Gasteiger partial charge < -0.3 is 9.88 Å². The summed E-state index contributed by atoms with van der Waals surface area (Å²) in [6, 6.07) is 3.91. The van der Waals surface area contributed by atoms with Crippen LogP contribution in [0.3, 0.4) is 0 Å². The molecular weight excluding hydrogens is 270 g/mol. The second-order valence-electron chi connectivity index (χ2n) is 5.17. The summed E-state index contributed by atoms with van der Waals surface area (Å²) in [5.41, 5.74) is 2.08. The molecule has 0 spiro atoms. The van der Waals surface area contributed by atoms with E-state index in [0.29, 0.717) is 0 Å². The standard InChI is InChI=1S/C15H21N3OS/c1-12-9-17-11-15(12)20(19)14(6-8-18(2)3)13-5-4-7-16-10-13/h4-5,7,9-11,14,17H,6,8H2,1-3H3. The van der Waals surface area contributed by atoms with Crippen LogP contribution in [-0.2, 0) is 10.8 Å². The van der Waals surface area contributed by atoms with Gasteiger partial charge in [-0.2, -0.15) is 0 Å². The van der Waals surface area contributed by atoms with E-state index in [-0.39, 0.29) is 5.25 Å². The first-order chi connectivity index (χ1) is 9.59. The maximum absolute atomic E-state index is 12.9. The average Bonchev–Trinajstić information content (AvgIpc) is 2.86. The van der Waals surface area contributed by atoms with E-state index in [2.05, 4.69) is 14.9 Å². The molecule has 1 N–H and O–H groups in total. The lowest BCUT2D eigenvalue weighted by Gasteiger charge is -2.19. The van der Waals surface area contributed by atoms with E-state index in [1.807, 2.05) is 51.7 Å². The molecule has 2 unspecified atom stereocenters. The molecule has 2 aromatic rings. The number of hydrogen-bond donors (Lipinski definition) is 1. The quantitative estimate of drug-likeness (QED) is 0.889. The summed E-state index contributed by atoms with van der Waals surface area (Å²) in [5.74, 6) is 0. The van der Waals surface area contributed by atoms with Crippen molar-refractivity contribution in [2.75, 3.05) is 20.6 Å². The highest BCUT2D eigenvalue weighted by atomic mass is 32.2. The molecule has 0 fully saturated rings. The third-order valence-corrected chi connectivity index (χ3v) is 5.17. The maximum Gasteiger partial charge on any atom is 0.0671 e. The van der Waals surface area contributed by atoms with Crippen LogP contribution in [0.25, 0.3) is 0 Å². The van der Waals surface area contributed by atoms with Crippen LogP contribution < -0.4 is 0 Å². The molecular formula is C15H21N3OS. The van der Waals surface area contributed by atoms with E-state index in [1.54, 1.807) is 6.20 Å². The first kappa shape index (κ1) is 14.9. The number of pyridine rings is 1. The van der Waals surface area contributed by atoms with Crippen molar-refractivity contribution < 1.29 is 4.21 Å². The molecule has 0 aromatic carbocycles. The Morgan fingerprint density at radius 2 is 2.20 bits per heavy atom. The molecule has 0 aliphatic rings. The van der Waals surface area contributed by atoms with Gasteiger partial charge in [0.15, 0.2) is 0 Å². The normalized spacial score (nSPS) is 14.4. The fourth-order valence-corrected chi connectivity index (χ4v) is 3.71. The summed E-state index contributed by atoms with van der Waals surface area (Å²) in [5, 5.41) is -0.0272. The predicted octanol–water partition coefficient (Wildman–Crippen LogP) is 2.52. The Balaban J connectivity index is 2.27. The summed E-state index contributed by atoms with van der Waals surface area (Å²) in [6.45, 7) is 2.88. The molecule has 0 saturated heterocycles. The van der Waals surface area contributed by atoms with E-state index in [9.17, 15) is 4.21 Å². The summed E-state index contributed by atoms with van der Waals surface area (Å²) >= 11 is 0.